The molecule has 5 rings (SSSR count). The van der Waals surface area contributed by atoms with E-state index in [1.165, 1.54) is 0 Å². The molecule has 7 nitrogen and oxygen atoms in total. The lowest BCUT2D eigenvalue weighted by Gasteiger charge is -2.12. The van der Waals surface area contributed by atoms with Gasteiger partial charge in [-0.05, 0) is 44.0 Å². The van der Waals surface area contributed by atoms with Crippen LogP contribution >= 0.6 is 0 Å². The summed E-state index contributed by atoms with van der Waals surface area (Å²) in [5.74, 6) is 0.749. The van der Waals surface area contributed by atoms with Crippen molar-refractivity contribution in [2.24, 2.45) is 0 Å². The van der Waals surface area contributed by atoms with Crippen molar-refractivity contribution in [3.8, 4) is 11.3 Å². The van der Waals surface area contributed by atoms with Gasteiger partial charge in [-0.25, -0.2) is 18.1 Å². The van der Waals surface area contributed by atoms with Gasteiger partial charge < -0.3 is 5.32 Å². The van der Waals surface area contributed by atoms with Crippen molar-refractivity contribution in [1.82, 2.24) is 19.3 Å². The Bertz CT molecular complexity index is 1310. The van der Waals surface area contributed by atoms with Crippen molar-refractivity contribution in [2.45, 2.75) is 30.7 Å². The maximum atomic E-state index is 12.4. The summed E-state index contributed by atoms with van der Waals surface area (Å²) in [6.45, 7) is 1.92. The molecule has 4 aromatic rings. The first kappa shape index (κ1) is 18.8. The average molecular weight is 420 g/mol. The molecule has 2 aromatic heterocycles. The third-order valence-electron chi connectivity index (χ3n) is 4.96. The molecule has 0 unspecified atom stereocenters. The molecule has 8 heteroatoms. The normalized spacial score (nSPS) is 14.2. The minimum Gasteiger partial charge on any atom is -0.340 e. The van der Waals surface area contributed by atoms with Gasteiger partial charge in [0.1, 0.15) is 5.82 Å². The van der Waals surface area contributed by atoms with Crippen LogP contribution in [0.3, 0.4) is 0 Å². The highest BCUT2D eigenvalue weighted by Gasteiger charge is 2.27. The fraction of sp³-hybridized carbons (Fsp3) is 0.182. The number of hydrogen-bond donors (Lipinski definition) is 2. The molecule has 1 aliphatic carbocycles. The quantitative estimate of drug-likeness (QED) is 0.495. The smallest absolute Gasteiger partial charge is 0.240 e. The molecule has 1 fully saturated rings. The number of hydrogen-bond acceptors (Lipinski definition) is 5. The Labute approximate surface area is 174 Å². The zero-order chi connectivity index (χ0) is 20.7. The molecule has 0 atom stereocenters. The van der Waals surface area contributed by atoms with Crippen LogP contribution in [-0.2, 0) is 10.0 Å². The van der Waals surface area contributed by atoms with Crippen LogP contribution in [0.2, 0.25) is 0 Å². The Morgan fingerprint density at radius 1 is 1.00 bits per heavy atom. The molecule has 30 heavy (non-hydrogen) atoms. The predicted octanol–water partition coefficient (Wildman–Crippen LogP) is 3.89. The summed E-state index contributed by atoms with van der Waals surface area (Å²) < 4.78 is 29.2. The average Bonchev–Trinajstić information content (AvgIpc) is 3.46. The zero-order valence-corrected chi connectivity index (χ0v) is 17.2. The van der Waals surface area contributed by atoms with Crippen LogP contribution in [-0.4, -0.2) is 29.1 Å². The Kier molecular flexibility index (Phi) is 4.52. The summed E-state index contributed by atoms with van der Waals surface area (Å²) in [7, 11) is -3.47. The molecule has 2 N–H and O–H groups in total. The van der Waals surface area contributed by atoms with E-state index in [9.17, 15) is 8.42 Å². The summed E-state index contributed by atoms with van der Waals surface area (Å²) >= 11 is 0. The van der Waals surface area contributed by atoms with Gasteiger partial charge in [-0.2, -0.15) is 9.61 Å². The molecule has 0 radical (unpaired) electrons. The Morgan fingerprint density at radius 3 is 2.43 bits per heavy atom. The van der Waals surface area contributed by atoms with Gasteiger partial charge in [-0.3, -0.25) is 0 Å². The minimum absolute atomic E-state index is 0.0809. The number of nitrogens with one attached hydrogen (secondary N) is 2. The topological polar surface area (TPSA) is 88.4 Å². The van der Waals surface area contributed by atoms with E-state index in [1.807, 2.05) is 49.4 Å². The third kappa shape index (κ3) is 3.79. The summed E-state index contributed by atoms with van der Waals surface area (Å²) in [4.78, 5) is 4.98. The first-order valence-electron chi connectivity index (χ1n) is 9.80. The predicted molar refractivity (Wildman–Crippen MR) is 116 cm³/mol. The zero-order valence-electron chi connectivity index (χ0n) is 16.4. The van der Waals surface area contributed by atoms with Crippen LogP contribution in [0.25, 0.3) is 16.9 Å². The van der Waals surface area contributed by atoms with Crippen molar-refractivity contribution in [3.63, 3.8) is 0 Å². The van der Waals surface area contributed by atoms with Gasteiger partial charge >= 0.3 is 0 Å². The largest absolute Gasteiger partial charge is 0.340 e. The van der Waals surface area contributed by atoms with Gasteiger partial charge in [0.15, 0.2) is 5.65 Å². The van der Waals surface area contributed by atoms with Gasteiger partial charge in [-0.15, -0.1) is 0 Å². The van der Waals surface area contributed by atoms with E-state index >= 15 is 0 Å². The van der Waals surface area contributed by atoms with Crippen LogP contribution < -0.4 is 10.0 Å². The first-order chi connectivity index (χ1) is 14.5. The summed E-state index contributed by atoms with van der Waals surface area (Å²) in [5, 5.41) is 7.87. The highest BCUT2D eigenvalue weighted by Crippen LogP contribution is 2.26. The first-order valence-corrected chi connectivity index (χ1v) is 11.3. The fourth-order valence-corrected chi connectivity index (χ4v) is 4.59. The number of nitrogens with zero attached hydrogens (tertiary/aromatic N) is 3. The lowest BCUT2D eigenvalue weighted by Crippen LogP contribution is -2.25. The second-order valence-corrected chi connectivity index (χ2v) is 9.21. The van der Waals surface area contributed by atoms with E-state index in [1.54, 1.807) is 28.8 Å². The van der Waals surface area contributed by atoms with Gasteiger partial charge in [0.25, 0.3) is 0 Å². The highest BCUT2D eigenvalue weighted by molar-refractivity contribution is 7.89. The van der Waals surface area contributed by atoms with Gasteiger partial charge in [-0.1, -0.05) is 30.3 Å². The van der Waals surface area contributed by atoms with Crippen LogP contribution in [0, 0.1) is 6.92 Å². The molecular weight excluding hydrogens is 398 g/mol. The SMILES string of the molecule is Cc1cc2nc(-c3ccccc3)cc(Nc3ccc(S(=O)(=O)NC4CC4)cc3)n2n1. The Morgan fingerprint density at radius 2 is 1.73 bits per heavy atom. The summed E-state index contributed by atoms with van der Waals surface area (Å²) in [6.07, 6.45) is 1.81. The van der Waals surface area contributed by atoms with E-state index < -0.39 is 10.0 Å². The molecule has 0 amide bonds. The van der Waals surface area contributed by atoms with Crippen molar-refractivity contribution in [1.29, 1.82) is 0 Å². The Hall–Kier alpha value is -3.23. The third-order valence-corrected chi connectivity index (χ3v) is 6.49. The van der Waals surface area contributed by atoms with Crippen LogP contribution in [0.15, 0.2) is 71.6 Å². The molecule has 0 spiro atoms. The van der Waals surface area contributed by atoms with E-state index in [-0.39, 0.29) is 10.9 Å². The van der Waals surface area contributed by atoms with Crippen molar-refractivity contribution < 1.29 is 8.42 Å². The molecular formula is C22H21N5O2S. The van der Waals surface area contributed by atoms with Crippen LogP contribution in [0.1, 0.15) is 18.5 Å². The van der Waals surface area contributed by atoms with Crippen LogP contribution in [0.4, 0.5) is 11.5 Å². The number of anilines is 2. The molecule has 2 aromatic carbocycles. The summed E-state index contributed by atoms with van der Waals surface area (Å²) in [5.41, 5.74) is 4.21. The Balaban J connectivity index is 1.48. The maximum Gasteiger partial charge on any atom is 0.240 e. The summed E-state index contributed by atoms with van der Waals surface area (Å²) in [6, 6.07) is 20.6. The highest BCUT2D eigenvalue weighted by atomic mass is 32.2. The monoisotopic (exact) mass is 419 g/mol. The number of aryl methyl sites for hydroxylation is 1. The molecule has 2 heterocycles. The van der Waals surface area contributed by atoms with Crippen LogP contribution in [0.5, 0.6) is 0 Å². The van der Waals surface area contributed by atoms with E-state index in [0.29, 0.717) is 0 Å². The molecule has 152 valence electrons. The molecule has 0 saturated heterocycles. The second kappa shape index (κ2) is 7.23. The maximum absolute atomic E-state index is 12.4. The van der Waals surface area contributed by atoms with Crippen molar-refractivity contribution in [3.05, 3.63) is 72.4 Å². The van der Waals surface area contributed by atoms with Gasteiger partial charge in [0, 0.05) is 29.4 Å². The van der Waals surface area contributed by atoms with E-state index in [4.69, 9.17) is 4.98 Å². The van der Waals surface area contributed by atoms with E-state index in [0.717, 1.165) is 46.9 Å². The van der Waals surface area contributed by atoms with Crippen molar-refractivity contribution in [2.75, 3.05) is 5.32 Å². The lowest BCUT2D eigenvalue weighted by atomic mass is 10.1. The number of rotatable bonds is 6. The van der Waals surface area contributed by atoms with E-state index in [2.05, 4.69) is 15.1 Å². The standard InChI is InChI=1S/C22H21N5O2S/c1-15-13-21-24-20(16-5-3-2-4-6-16)14-22(27(21)25-15)23-17-9-11-19(12-10-17)30(28,29)26-18-7-8-18/h2-6,9-14,18,23,26H,7-8H2,1H3. The fourth-order valence-electron chi connectivity index (χ4n) is 3.29. The molecule has 0 aliphatic heterocycles. The molecule has 1 aliphatic rings. The van der Waals surface area contributed by atoms with Crippen molar-refractivity contribution >= 4 is 27.2 Å². The number of sulfonamides is 1. The lowest BCUT2D eigenvalue weighted by molar-refractivity contribution is 0.581. The number of benzene rings is 2. The second-order valence-electron chi connectivity index (χ2n) is 7.49. The molecule has 0 bridgehead atoms. The number of aromatic nitrogens is 3. The number of fused-ring (bicyclic) bond motifs is 1. The molecule has 1 saturated carbocycles. The van der Waals surface area contributed by atoms with Gasteiger partial charge in [0.05, 0.1) is 16.3 Å². The van der Waals surface area contributed by atoms with Gasteiger partial charge in [0.2, 0.25) is 10.0 Å². The minimum atomic E-state index is -3.47.